The van der Waals surface area contributed by atoms with E-state index >= 15 is 0 Å². The standard InChI is InChI=1S/C14H16N4O3/c1-10(2)15-7-11-8-16-14(17-9-11)21-13-5-3-4-12(6-13)18(19)20/h3-6,8-10,15H,7H2,1-2H3. The van der Waals surface area contributed by atoms with Gasteiger partial charge in [0.1, 0.15) is 5.75 Å². The van der Waals surface area contributed by atoms with Crippen molar-refractivity contribution in [3.05, 3.63) is 52.3 Å². The second-order valence-electron chi connectivity index (χ2n) is 4.77. The molecule has 0 amide bonds. The number of rotatable bonds is 6. The van der Waals surface area contributed by atoms with Gasteiger partial charge in [-0.3, -0.25) is 10.1 Å². The number of nitrogens with zero attached hydrogens (tertiary/aromatic N) is 3. The Morgan fingerprint density at radius 2 is 2.05 bits per heavy atom. The smallest absolute Gasteiger partial charge is 0.321 e. The van der Waals surface area contributed by atoms with Gasteiger partial charge in [0.25, 0.3) is 5.69 Å². The van der Waals surface area contributed by atoms with E-state index in [4.69, 9.17) is 4.74 Å². The summed E-state index contributed by atoms with van der Waals surface area (Å²) in [5.74, 6) is 0.331. The molecule has 21 heavy (non-hydrogen) atoms. The highest BCUT2D eigenvalue weighted by atomic mass is 16.6. The van der Waals surface area contributed by atoms with E-state index in [0.29, 0.717) is 18.3 Å². The van der Waals surface area contributed by atoms with E-state index in [-0.39, 0.29) is 11.7 Å². The SMILES string of the molecule is CC(C)NCc1cnc(Oc2cccc([N+](=O)[O-])c2)nc1. The normalized spacial score (nSPS) is 10.6. The van der Waals surface area contributed by atoms with Gasteiger partial charge in [-0.2, -0.15) is 0 Å². The van der Waals surface area contributed by atoms with Crippen LogP contribution in [-0.2, 0) is 6.54 Å². The zero-order valence-electron chi connectivity index (χ0n) is 11.8. The van der Waals surface area contributed by atoms with Gasteiger partial charge in [0.15, 0.2) is 0 Å². The molecule has 7 heteroatoms. The summed E-state index contributed by atoms with van der Waals surface area (Å²) < 4.78 is 5.40. The zero-order valence-corrected chi connectivity index (χ0v) is 11.8. The number of aromatic nitrogens is 2. The summed E-state index contributed by atoms with van der Waals surface area (Å²) in [6.07, 6.45) is 3.32. The van der Waals surface area contributed by atoms with Crippen molar-refractivity contribution in [2.75, 3.05) is 0 Å². The third-order valence-corrected chi connectivity index (χ3v) is 2.63. The first-order chi connectivity index (χ1) is 10.0. The van der Waals surface area contributed by atoms with Crippen LogP contribution in [0.2, 0.25) is 0 Å². The summed E-state index contributed by atoms with van der Waals surface area (Å²) in [6.45, 7) is 4.79. The summed E-state index contributed by atoms with van der Waals surface area (Å²) in [6, 6.07) is 6.43. The molecule has 110 valence electrons. The fraction of sp³-hybridized carbons (Fsp3) is 0.286. The Kier molecular flexibility index (Phi) is 4.78. The largest absolute Gasteiger partial charge is 0.424 e. The molecule has 0 aliphatic rings. The molecule has 7 nitrogen and oxygen atoms in total. The molecule has 1 aromatic heterocycles. The van der Waals surface area contributed by atoms with Crippen molar-refractivity contribution in [1.29, 1.82) is 0 Å². The topological polar surface area (TPSA) is 90.2 Å². The van der Waals surface area contributed by atoms with E-state index in [2.05, 4.69) is 29.1 Å². The number of benzene rings is 1. The number of hydrogen-bond donors (Lipinski definition) is 1. The third kappa shape index (κ3) is 4.50. The van der Waals surface area contributed by atoms with Crippen LogP contribution in [0.5, 0.6) is 11.8 Å². The van der Waals surface area contributed by atoms with Gasteiger partial charge >= 0.3 is 6.01 Å². The quantitative estimate of drug-likeness (QED) is 0.649. The molecule has 0 atom stereocenters. The first-order valence-corrected chi connectivity index (χ1v) is 6.51. The third-order valence-electron chi connectivity index (χ3n) is 2.63. The van der Waals surface area contributed by atoms with E-state index in [1.54, 1.807) is 24.5 Å². The van der Waals surface area contributed by atoms with E-state index in [1.165, 1.54) is 12.1 Å². The van der Waals surface area contributed by atoms with Crippen LogP contribution in [0.15, 0.2) is 36.7 Å². The Bertz CT molecular complexity index is 614. The van der Waals surface area contributed by atoms with Crippen molar-refractivity contribution in [3.8, 4) is 11.8 Å². The Labute approximate surface area is 122 Å². The molecule has 0 aliphatic carbocycles. The summed E-state index contributed by atoms with van der Waals surface area (Å²) in [7, 11) is 0. The molecular weight excluding hydrogens is 272 g/mol. The van der Waals surface area contributed by atoms with Crippen molar-refractivity contribution in [2.45, 2.75) is 26.4 Å². The molecule has 2 rings (SSSR count). The average Bonchev–Trinajstić information content (AvgIpc) is 2.47. The molecule has 2 aromatic rings. The first kappa shape index (κ1) is 14.9. The molecule has 0 saturated heterocycles. The van der Waals surface area contributed by atoms with Gasteiger partial charge in [0.2, 0.25) is 0 Å². The summed E-state index contributed by atoms with van der Waals surface area (Å²) in [4.78, 5) is 18.4. The van der Waals surface area contributed by atoms with E-state index in [0.717, 1.165) is 5.56 Å². The molecule has 0 aliphatic heterocycles. The average molecular weight is 288 g/mol. The second-order valence-corrected chi connectivity index (χ2v) is 4.77. The number of nitro groups is 1. The maximum atomic E-state index is 10.7. The van der Waals surface area contributed by atoms with Crippen LogP contribution >= 0.6 is 0 Å². The Balaban J connectivity index is 2.03. The lowest BCUT2D eigenvalue weighted by atomic mass is 10.3. The van der Waals surface area contributed by atoms with Gasteiger partial charge in [-0.15, -0.1) is 0 Å². The molecule has 0 bridgehead atoms. The monoisotopic (exact) mass is 288 g/mol. The molecule has 1 N–H and O–H groups in total. The van der Waals surface area contributed by atoms with Crippen LogP contribution in [-0.4, -0.2) is 20.9 Å². The van der Waals surface area contributed by atoms with Crippen molar-refractivity contribution in [1.82, 2.24) is 15.3 Å². The van der Waals surface area contributed by atoms with Crippen molar-refractivity contribution < 1.29 is 9.66 Å². The fourth-order valence-electron chi connectivity index (χ4n) is 1.57. The predicted octanol–water partition coefficient (Wildman–Crippen LogP) is 2.68. The van der Waals surface area contributed by atoms with Crippen molar-refractivity contribution in [3.63, 3.8) is 0 Å². The van der Waals surface area contributed by atoms with Crippen molar-refractivity contribution in [2.24, 2.45) is 0 Å². The van der Waals surface area contributed by atoms with Crippen LogP contribution in [0.4, 0.5) is 5.69 Å². The van der Waals surface area contributed by atoms with Gasteiger partial charge < -0.3 is 10.1 Å². The molecule has 0 radical (unpaired) electrons. The highest BCUT2D eigenvalue weighted by Gasteiger charge is 2.08. The summed E-state index contributed by atoms with van der Waals surface area (Å²) >= 11 is 0. The second kappa shape index (κ2) is 6.76. The number of non-ortho nitro benzene ring substituents is 1. The Morgan fingerprint density at radius 1 is 1.33 bits per heavy atom. The number of nitro benzene ring substituents is 1. The van der Waals surface area contributed by atoms with Crippen LogP contribution in [0, 0.1) is 10.1 Å². The Morgan fingerprint density at radius 3 is 2.67 bits per heavy atom. The molecule has 0 saturated carbocycles. The molecular formula is C14H16N4O3. The van der Waals surface area contributed by atoms with Crippen LogP contribution in [0.25, 0.3) is 0 Å². The number of hydrogen-bond acceptors (Lipinski definition) is 6. The predicted molar refractivity (Wildman–Crippen MR) is 77.2 cm³/mol. The molecule has 1 aromatic carbocycles. The van der Waals surface area contributed by atoms with Gasteiger partial charge in [-0.25, -0.2) is 9.97 Å². The van der Waals surface area contributed by atoms with Gasteiger partial charge in [0, 0.05) is 36.6 Å². The minimum Gasteiger partial charge on any atom is -0.424 e. The lowest BCUT2D eigenvalue weighted by Gasteiger charge is -2.08. The lowest BCUT2D eigenvalue weighted by Crippen LogP contribution is -2.21. The van der Waals surface area contributed by atoms with Gasteiger partial charge in [0.05, 0.1) is 11.0 Å². The number of ether oxygens (including phenoxy) is 1. The molecule has 0 unspecified atom stereocenters. The van der Waals surface area contributed by atoms with Gasteiger partial charge in [-0.05, 0) is 6.07 Å². The lowest BCUT2D eigenvalue weighted by molar-refractivity contribution is -0.384. The highest BCUT2D eigenvalue weighted by molar-refractivity contribution is 5.38. The van der Waals surface area contributed by atoms with E-state index in [1.807, 2.05) is 0 Å². The summed E-state index contributed by atoms with van der Waals surface area (Å²) in [5, 5.41) is 13.9. The van der Waals surface area contributed by atoms with Crippen LogP contribution in [0.1, 0.15) is 19.4 Å². The Hall–Kier alpha value is -2.54. The maximum absolute atomic E-state index is 10.7. The first-order valence-electron chi connectivity index (χ1n) is 6.51. The van der Waals surface area contributed by atoms with Crippen molar-refractivity contribution >= 4 is 5.69 Å². The van der Waals surface area contributed by atoms with E-state index < -0.39 is 4.92 Å². The zero-order chi connectivity index (χ0) is 15.2. The van der Waals surface area contributed by atoms with Gasteiger partial charge in [-0.1, -0.05) is 19.9 Å². The van der Waals surface area contributed by atoms with E-state index in [9.17, 15) is 10.1 Å². The fourth-order valence-corrected chi connectivity index (χ4v) is 1.57. The minimum absolute atomic E-state index is 0.0368. The van der Waals surface area contributed by atoms with Crippen LogP contribution < -0.4 is 10.1 Å². The minimum atomic E-state index is -0.478. The highest BCUT2D eigenvalue weighted by Crippen LogP contribution is 2.22. The molecule has 0 spiro atoms. The van der Waals surface area contributed by atoms with Crippen LogP contribution in [0.3, 0.4) is 0 Å². The maximum Gasteiger partial charge on any atom is 0.321 e. The number of nitrogens with one attached hydrogen (secondary N) is 1. The molecule has 1 heterocycles. The molecule has 0 fully saturated rings. The summed E-state index contributed by atoms with van der Waals surface area (Å²) in [5.41, 5.74) is 0.903.